The zero-order valence-corrected chi connectivity index (χ0v) is 12.8. The third-order valence-corrected chi connectivity index (χ3v) is 5.19. The topological polar surface area (TPSA) is 69.6 Å². The summed E-state index contributed by atoms with van der Waals surface area (Å²) in [5.41, 5.74) is 1.15. The molecule has 5 nitrogen and oxygen atoms in total. The summed E-state index contributed by atoms with van der Waals surface area (Å²) >= 11 is 0. The standard InChI is InChI=1S/C17H22N2O3/c1-12(13-5-3-2-4-6-13)18-15(20)14-11-17(14)7-9-19(10-8-17)16(21)22/h2-6,12,14H,7-11H2,1H3,(H,18,20)(H,21,22)/t12-,14?/m0/s1. The number of rotatable bonds is 3. The molecule has 118 valence electrons. The molecule has 2 aliphatic rings. The van der Waals surface area contributed by atoms with Gasteiger partial charge in [-0.1, -0.05) is 30.3 Å². The van der Waals surface area contributed by atoms with Crippen molar-refractivity contribution in [1.29, 1.82) is 0 Å². The van der Waals surface area contributed by atoms with Crippen LogP contribution in [-0.2, 0) is 4.79 Å². The van der Waals surface area contributed by atoms with Crippen molar-refractivity contribution in [1.82, 2.24) is 10.2 Å². The molecule has 0 aromatic heterocycles. The average molecular weight is 302 g/mol. The molecule has 2 atom stereocenters. The molecule has 0 radical (unpaired) electrons. The second-order valence-corrected chi connectivity index (χ2v) is 6.53. The number of likely N-dealkylation sites (tertiary alicyclic amines) is 1. The highest BCUT2D eigenvalue weighted by Crippen LogP contribution is 2.59. The van der Waals surface area contributed by atoms with Gasteiger partial charge in [0.25, 0.3) is 0 Å². The van der Waals surface area contributed by atoms with E-state index < -0.39 is 6.09 Å². The van der Waals surface area contributed by atoms with Crippen molar-refractivity contribution in [2.75, 3.05) is 13.1 Å². The van der Waals surface area contributed by atoms with Crippen LogP contribution < -0.4 is 5.32 Å². The average Bonchev–Trinajstić information content (AvgIpc) is 3.22. The van der Waals surface area contributed by atoms with Gasteiger partial charge in [-0.05, 0) is 37.2 Å². The van der Waals surface area contributed by atoms with Crippen LogP contribution in [0.25, 0.3) is 0 Å². The minimum Gasteiger partial charge on any atom is -0.465 e. The monoisotopic (exact) mass is 302 g/mol. The summed E-state index contributed by atoms with van der Waals surface area (Å²) in [6.45, 7) is 3.09. The maximum Gasteiger partial charge on any atom is 0.407 e. The summed E-state index contributed by atoms with van der Waals surface area (Å²) < 4.78 is 0. The van der Waals surface area contributed by atoms with Gasteiger partial charge >= 0.3 is 6.09 Å². The summed E-state index contributed by atoms with van der Waals surface area (Å²) in [5, 5.41) is 12.1. The van der Waals surface area contributed by atoms with Crippen LogP contribution in [0.15, 0.2) is 30.3 Å². The van der Waals surface area contributed by atoms with Crippen molar-refractivity contribution in [2.24, 2.45) is 11.3 Å². The van der Waals surface area contributed by atoms with Crippen LogP contribution in [0.1, 0.15) is 37.8 Å². The molecule has 1 heterocycles. The lowest BCUT2D eigenvalue weighted by Crippen LogP contribution is -2.40. The highest BCUT2D eigenvalue weighted by molar-refractivity contribution is 5.83. The molecule has 1 saturated carbocycles. The first-order valence-corrected chi connectivity index (χ1v) is 7.85. The zero-order valence-electron chi connectivity index (χ0n) is 12.8. The number of hydrogen-bond acceptors (Lipinski definition) is 2. The second-order valence-electron chi connectivity index (χ2n) is 6.53. The van der Waals surface area contributed by atoms with Crippen molar-refractivity contribution in [2.45, 2.75) is 32.2 Å². The lowest BCUT2D eigenvalue weighted by atomic mass is 9.90. The molecule has 1 aromatic carbocycles. The number of piperidine rings is 1. The minimum atomic E-state index is -0.853. The number of nitrogens with zero attached hydrogens (tertiary/aromatic N) is 1. The summed E-state index contributed by atoms with van der Waals surface area (Å²) in [7, 11) is 0. The van der Waals surface area contributed by atoms with E-state index in [0.29, 0.717) is 13.1 Å². The summed E-state index contributed by atoms with van der Waals surface area (Å²) in [5.74, 6) is 0.162. The molecular weight excluding hydrogens is 280 g/mol. The van der Waals surface area contributed by atoms with E-state index in [9.17, 15) is 9.59 Å². The lowest BCUT2D eigenvalue weighted by molar-refractivity contribution is -0.124. The summed E-state index contributed by atoms with van der Waals surface area (Å²) in [6, 6.07) is 9.93. The molecule has 1 saturated heterocycles. The fourth-order valence-electron chi connectivity index (χ4n) is 3.55. The van der Waals surface area contributed by atoms with Gasteiger partial charge in [0.05, 0.1) is 6.04 Å². The Labute approximate surface area is 130 Å². The molecule has 1 unspecified atom stereocenters. The number of carbonyl (C=O) groups excluding carboxylic acids is 1. The number of carbonyl (C=O) groups is 2. The Balaban J connectivity index is 1.54. The Morgan fingerprint density at radius 2 is 1.91 bits per heavy atom. The maximum absolute atomic E-state index is 12.4. The minimum absolute atomic E-state index is 0.00505. The van der Waals surface area contributed by atoms with Crippen LogP contribution in [0.4, 0.5) is 4.79 Å². The molecule has 2 N–H and O–H groups in total. The predicted molar refractivity (Wildman–Crippen MR) is 82.4 cm³/mol. The first kappa shape index (κ1) is 14.9. The Hall–Kier alpha value is -2.04. The number of amides is 2. The number of carboxylic acid groups (broad SMARTS) is 1. The zero-order chi connectivity index (χ0) is 15.7. The van der Waals surface area contributed by atoms with E-state index in [0.717, 1.165) is 24.8 Å². The molecule has 1 aromatic rings. The van der Waals surface area contributed by atoms with Gasteiger partial charge in [0.15, 0.2) is 0 Å². The van der Waals surface area contributed by atoms with Crippen molar-refractivity contribution in [3.05, 3.63) is 35.9 Å². The van der Waals surface area contributed by atoms with Crippen molar-refractivity contribution < 1.29 is 14.7 Å². The van der Waals surface area contributed by atoms with Gasteiger partial charge in [-0.15, -0.1) is 0 Å². The van der Waals surface area contributed by atoms with E-state index >= 15 is 0 Å². The van der Waals surface area contributed by atoms with Gasteiger partial charge in [-0.3, -0.25) is 4.79 Å². The SMILES string of the molecule is C[C@H](NC(=O)C1CC12CCN(C(=O)O)CC2)c1ccccc1. The fourth-order valence-corrected chi connectivity index (χ4v) is 3.55. The molecule has 1 aliphatic carbocycles. The first-order chi connectivity index (χ1) is 10.5. The van der Waals surface area contributed by atoms with Crippen LogP contribution in [0.5, 0.6) is 0 Å². The van der Waals surface area contributed by atoms with E-state index in [4.69, 9.17) is 5.11 Å². The highest BCUT2D eigenvalue weighted by atomic mass is 16.4. The molecule has 2 fully saturated rings. The first-order valence-electron chi connectivity index (χ1n) is 7.85. The molecule has 2 amide bonds. The number of benzene rings is 1. The van der Waals surface area contributed by atoms with Gasteiger partial charge in [-0.2, -0.15) is 0 Å². The summed E-state index contributed by atoms with van der Waals surface area (Å²) in [4.78, 5) is 24.8. The van der Waals surface area contributed by atoms with Crippen molar-refractivity contribution >= 4 is 12.0 Å². The molecule has 3 rings (SSSR count). The second kappa shape index (κ2) is 5.63. The van der Waals surface area contributed by atoms with Crippen LogP contribution >= 0.6 is 0 Å². The Kier molecular flexibility index (Phi) is 3.81. The number of hydrogen-bond donors (Lipinski definition) is 2. The van der Waals surface area contributed by atoms with Crippen molar-refractivity contribution in [3.63, 3.8) is 0 Å². The van der Waals surface area contributed by atoms with Gasteiger partial charge in [-0.25, -0.2) is 4.79 Å². The van der Waals surface area contributed by atoms with Gasteiger partial charge in [0.1, 0.15) is 0 Å². The van der Waals surface area contributed by atoms with Crippen molar-refractivity contribution in [3.8, 4) is 0 Å². The van der Waals surface area contributed by atoms with E-state index in [1.165, 1.54) is 4.90 Å². The molecule has 1 spiro atoms. The quantitative estimate of drug-likeness (QED) is 0.902. The largest absolute Gasteiger partial charge is 0.465 e. The lowest BCUT2D eigenvalue weighted by Gasteiger charge is -2.30. The van der Waals surface area contributed by atoms with Crippen LogP contribution in [-0.4, -0.2) is 35.1 Å². The predicted octanol–water partition coefficient (Wildman–Crippen LogP) is 2.64. The van der Waals surface area contributed by atoms with Gasteiger partial charge in [0, 0.05) is 19.0 Å². The highest BCUT2D eigenvalue weighted by Gasteiger charge is 2.58. The van der Waals surface area contributed by atoms with Crippen LogP contribution in [0.3, 0.4) is 0 Å². The smallest absolute Gasteiger partial charge is 0.407 e. The van der Waals surface area contributed by atoms with E-state index in [-0.39, 0.29) is 23.3 Å². The van der Waals surface area contributed by atoms with E-state index in [1.54, 1.807) is 0 Å². The normalized spacial score (nSPS) is 23.9. The fraction of sp³-hybridized carbons (Fsp3) is 0.529. The third kappa shape index (κ3) is 2.80. The molecule has 5 heteroatoms. The third-order valence-electron chi connectivity index (χ3n) is 5.19. The van der Waals surface area contributed by atoms with Gasteiger partial charge in [0.2, 0.25) is 5.91 Å². The molecule has 22 heavy (non-hydrogen) atoms. The molecule has 1 aliphatic heterocycles. The van der Waals surface area contributed by atoms with E-state index in [2.05, 4.69) is 5.32 Å². The maximum atomic E-state index is 12.4. The Morgan fingerprint density at radius 1 is 1.27 bits per heavy atom. The Morgan fingerprint density at radius 3 is 2.50 bits per heavy atom. The summed E-state index contributed by atoms with van der Waals surface area (Å²) in [6.07, 6.45) is 1.65. The van der Waals surface area contributed by atoms with Crippen LogP contribution in [0, 0.1) is 11.3 Å². The molecular formula is C17H22N2O3. The number of nitrogens with one attached hydrogen (secondary N) is 1. The van der Waals surface area contributed by atoms with E-state index in [1.807, 2.05) is 37.3 Å². The molecule has 0 bridgehead atoms. The van der Waals surface area contributed by atoms with Crippen LogP contribution in [0.2, 0.25) is 0 Å². The van der Waals surface area contributed by atoms with Gasteiger partial charge < -0.3 is 15.3 Å². The Bertz CT molecular complexity index is 565.